The van der Waals surface area contributed by atoms with E-state index in [1.165, 1.54) is 5.56 Å². The number of aliphatic hydroxyl groups is 1. The van der Waals surface area contributed by atoms with Crippen LogP contribution in [0.1, 0.15) is 23.4 Å². The number of aromatic nitrogens is 2. The van der Waals surface area contributed by atoms with Gasteiger partial charge < -0.3 is 28.6 Å². The Labute approximate surface area is 213 Å². The van der Waals surface area contributed by atoms with Gasteiger partial charge in [0.25, 0.3) is 0 Å². The van der Waals surface area contributed by atoms with Crippen LogP contribution in [0, 0.1) is 13.8 Å². The van der Waals surface area contributed by atoms with E-state index in [9.17, 15) is 5.11 Å². The highest BCUT2D eigenvalue weighted by Crippen LogP contribution is 2.29. The van der Waals surface area contributed by atoms with Crippen LogP contribution in [0.4, 0.5) is 0 Å². The van der Waals surface area contributed by atoms with Crippen LogP contribution >= 0.6 is 0 Å². The van der Waals surface area contributed by atoms with Crippen LogP contribution in [0.3, 0.4) is 0 Å². The fourth-order valence-electron chi connectivity index (χ4n) is 4.32. The summed E-state index contributed by atoms with van der Waals surface area (Å²) in [6, 6.07) is 13.8. The van der Waals surface area contributed by atoms with Crippen LogP contribution in [0.2, 0.25) is 0 Å². The minimum absolute atomic E-state index is 0.168. The number of nitrogens with zero attached hydrogens (tertiary/aromatic N) is 3. The first-order valence-corrected chi connectivity index (χ1v) is 12.4. The van der Waals surface area contributed by atoms with Crippen LogP contribution in [-0.2, 0) is 17.8 Å². The molecule has 1 aliphatic heterocycles. The topological polar surface area (TPSA) is 78.2 Å². The van der Waals surface area contributed by atoms with E-state index in [-0.39, 0.29) is 13.2 Å². The summed E-state index contributed by atoms with van der Waals surface area (Å²) in [5, 5.41) is 11.2. The van der Waals surface area contributed by atoms with Crippen molar-refractivity contribution in [3.63, 3.8) is 0 Å². The molecule has 2 aromatic carbocycles. The van der Waals surface area contributed by atoms with Gasteiger partial charge in [0, 0.05) is 38.6 Å². The Morgan fingerprint density at radius 3 is 2.67 bits per heavy atom. The Hall–Kier alpha value is -3.07. The molecule has 194 valence electrons. The third kappa shape index (κ3) is 7.22. The van der Waals surface area contributed by atoms with Gasteiger partial charge in [-0.3, -0.25) is 4.90 Å². The van der Waals surface area contributed by atoms with Crippen LogP contribution < -0.4 is 14.2 Å². The fourth-order valence-corrected chi connectivity index (χ4v) is 4.32. The molecule has 0 radical (unpaired) electrons. The van der Waals surface area contributed by atoms with Crippen LogP contribution in [-0.4, -0.2) is 71.8 Å². The lowest BCUT2D eigenvalue weighted by Gasteiger charge is -2.30. The highest BCUT2D eigenvalue weighted by molar-refractivity contribution is 5.43. The Kier molecular flexibility index (Phi) is 8.85. The molecule has 0 unspecified atom stereocenters. The average Bonchev–Trinajstić information content (AvgIpc) is 3.19. The van der Waals surface area contributed by atoms with Crippen molar-refractivity contribution in [3.8, 4) is 17.2 Å². The van der Waals surface area contributed by atoms with Gasteiger partial charge in [0.05, 0.1) is 26.9 Å². The van der Waals surface area contributed by atoms with Crippen molar-refractivity contribution in [2.75, 3.05) is 46.6 Å². The molecule has 0 amide bonds. The summed E-state index contributed by atoms with van der Waals surface area (Å²) < 4.78 is 25.3. The molecule has 1 saturated heterocycles. The van der Waals surface area contributed by atoms with E-state index in [2.05, 4.69) is 14.5 Å². The molecule has 0 saturated carbocycles. The van der Waals surface area contributed by atoms with Crippen molar-refractivity contribution in [1.29, 1.82) is 0 Å². The van der Waals surface area contributed by atoms with Crippen molar-refractivity contribution >= 4 is 0 Å². The zero-order valence-corrected chi connectivity index (χ0v) is 21.5. The highest BCUT2D eigenvalue weighted by Gasteiger charge is 2.33. The number of imidazole rings is 1. The zero-order valence-electron chi connectivity index (χ0n) is 21.5. The van der Waals surface area contributed by atoms with Gasteiger partial charge in [-0.05, 0) is 50.1 Å². The van der Waals surface area contributed by atoms with Gasteiger partial charge in [-0.2, -0.15) is 0 Å². The smallest absolute Gasteiger partial charge is 0.161 e. The third-order valence-corrected chi connectivity index (χ3v) is 6.33. The molecular weight excluding hydrogens is 458 g/mol. The molecule has 8 nitrogen and oxygen atoms in total. The van der Waals surface area contributed by atoms with E-state index in [0.29, 0.717) is 32.1 Å². The van der Waals surface area contributed by atoms with E-state index in [4.69, 9.17) is 18.9 Å². The van der Waals surface area contributed by atoms with Crippen molar-refractivity contribution < 1.29 is 24.1 Å². The fraction of sp³-hybridized carbons (Fsp3) is 0.464. The van der Waals surface area contributed by atoms with Crippen molar-refractivity contribution in [2.45, 2.75) is 39.0 Å². The molecule has 36 heavy (non-hydrogen) atoms. The molecule has 2 heterocycles. The number of aryl methyl sites for hydroxylation is 3. The number of rotatable bonds is 11. The maximum absolute atomic E-state index is 11.2. The lowest BCUT2D eigenvalue weighted by atomic mass is 10.1. The number of ether oxygens (including phenoxy) is 4. The predicted molar refractivity (Wildman–Crippen MR) is 138 cm³/mol. The Bertz CT molecular complexity index is 1100. The number of hydrogen-bond donors (Lipinski definition) is 1. The maximum atomic E-state index is 11.2. The maximum Gasteiger partial charge on any atom is 0.161 e. The molecular formula is C28H37N3O5. The van der Waals surface area contributed by atoms with E-state index >= 15 is 0 Å². The van der Waals surface area contributed by atoms with Gasteiger partial charge in [0.2, 0.25) is 0 Å². The second-order valence-electron chi connectivity index (χ2n) is 9.44. The summed E-state index contributed by atoms with van der Waals surface area (Å²) >= 11 is 0. The largest absolute Gasteiger partial charge is 0.493 e. The van der Waals surface area contributed by atoms with Gasteiger partial charge in [-0.15, -0.1) is 0 Å². The molecule has 1 aliphatic rings. The molecule has 0 bridgehead atoms. The first kappa shape index (κ1) is 26.0. The van der Waals surface area contributed by atoms with Gasteiger partial charge in [0.15, 0.2) is 11.5 Å². The second kappa shape index (κ2) is 12.3. The Balaban J connectivity index is 1.31. The second-order valence-corrected chi connectivity index (χ2v) is 9.44. The minimum Gasteiger partial charge on any atom is -0.493 e. The molecule has 0 spiro atoms. The molecule has 0 aliphatic carbocycles. The van der Waals surface area contributed by atoms with E-state index < -0.39 is 5.60 Å². The van der Waals surface area contributed by atoms with Gasteiger partial charge in [0.1, 0.15) is 23.8 Å². The van der Waals surface area contributed by atoms with Crippen LogP contribution in [0.25, 0.3) is 0 Å². The lowest BCUT2D eigenvalue weighted by Crippen LogP contribution is -2.48. The summed E-state index contributed by atoms with van der Waals surface area (Å²) in [4.78, 5) is 6.44. The summed E-state index contributed by atoms with van der Waals surface area (Å²) in [6.45, 7) is 8.28. The Morgan fingerprint density at radius 2 is 1.92 bits per heavy atom. The summed E-state index contributed by atoms with van der Waals surface area (Å²) in [6.07, 6.45) is 4.67. The molecule has 1 atom stereocenters. The quantitative estimate of drug-likeness (QED) is 0.407. The van der Waals surface area contributed by atoms with E-state index in [1.807, 2.05) is 68.7 Å². The molecule has 4 rings (SSSR count). The average molecular weight is 496 g/mol. The summed E-state index contributed by atoms with van der Waals surface area (Å²) in [5.41, 5.74) is 1.15. The van der Waals surface area contributed by atoms with Gasteiger partial charge in [-0.25, -0.2) is 4.98 Å². The van der Waals surface area contributed by atoms with E-state index in [0.717, 1.165) is 42.4 Å². The first-order valence-electron chi connectivity index (χ1n) is 12.4. The molecule has 1 N–H and O–H groups in total. The highest BCUT2D eigenvalue weighted by atomic mass is 16.5. The standard InChI is InChI=1S/C28H37N3O5/c1-22-5-8-25(9-6-22)36-21-28(32)19-30(14-16-34-20-28)18-24-7-10-26(27(17-24)33-3)35-15-4-12-31-13-11-29-23(31)2/h5-11,13,17,32H,4,12,14-16,18-21H2,1-3H3/t28-/m0/s1. The van der Waals surface area contributed by atoms with Gasteiger partial charge >= 0.3 is 0 Å². The predicted octanol–water partition coefficient (Wildman–Crippen LogP) is 3.62. The van der Waals surface area contributed by atoms with Crippen LogP contribution in [0.15, 0.2) is 54.9 Å². The molecule has 1 fully saturated rings. The minimum atomic E-state index is -1.10. The molecule has 1 aromatic heterocycles. The summed E-state index contributed by atoms with van der Waals surface area (Å²) in [5.74, 6) is 3.18. The van der Waals surface area contributed by atoms with Gasteiger partial charge in [-0.1, -0.05) is 23.8 Å². The number of hydrogen-bond acceptors (Lipinski definition) is 7. The van der Waals surface area contributed by atoms with Crippen LogP contribution in [0.5, 0.6) is 17.2 Å². The SMILES string of the molecule is COc1cc(CN2CCOC[C@](O)(COc3ccc(C)cc3)C2)ccc1OCCCn1ccnc1C. The third-order valence-electron chi connectivity index (χ3n) is 6.33. The normalized spacial score (nSPS) is 18.6. The van der Waals surface area contributed by atoms with Crippen molar-refractivity contribution in [3.05, 3.63) is 71.8 Å². The monoisotopic (exact) mass is 495 g/mol. The Morgan fingerprint density at radius 1 is 1.08 bits per heavy atom. The first-order chi connectivity index (χ1) is 17.4. The number of β-amino-alcohol motifs (C(OH)–C–C–N with tert-alkyl or cyclic N) is 1. The van der Waals surface area contributed by atoms with Crippen molar-refractivity contribution in [2.24, 2.45) is 0 Å². The summed E-state index contributed by atoms with van der Waals surface area (Å²) in [7, 11) is 1.65. The number of benzene rings is 2. The lowest BCUT2D eigenvalue weighted by molar-refractivity contribution is -0.0646. The zero-order chi connectivity index (χ0) is 25.4. The number of methoxy groups -OCH3 is 1. The van der Waals surface area contributed by atoms with Crippen molar-refractivity contribution in [1.82, 2.24) is 14.5 Å². The van der Waals surface area contributed by atoms with E-state index in [1.54, 1.807) is 7.11 Å². The molecule has 8 heteroatoms. The molecule has 3 aromatic rings.